The van der Waals surface area contributed by atoms with Crippen LogP contribution in [0.3, 0.4) is 0 Å². The Labute approximate surface area is 121 Å². The molecule has 2 aliphatic rings. The van der Waals surface area contributed by atoms with E-state index < -0.39 is 5.54 Å². The summed E-state index contributed by atoms with van der Waals surface area (Å²) in [6, 6.07) is 1.85. The number of nitrogens with two attached hydrogens (primary N) is 1. The van der Waals surface area contributed by atoms with Crippen molar-refractivity contribution < 1.29 is 14.6 Å². The lowest BCUT2D eigenvalue weighted by molar-refractivity contribution is 0.168. The summed E-state index contributed by atoms with van der Waals surface area (Å²) in [6.07, 6.45) is 5.20. The molecule has 0 spiro atoms. The van der Waals surface area contributed by atoms with Crippen LogP contribution in [0.4, 0.5) is 0 Å². The fourth-order valence-corrected chi connectivity index (χ4v) is 3.49. The van der Waals surface area contributed by atoms with Crippen LogP contribution < -0.4 is 15.2 Å². The Hall–Kier alpha value is -0.940. The molecular weight excluding hydrogens is 310 g/mol. The van der Waals surface area contributed by atoms with E-state index in [0.717, 1.165) is 31.2 Å². The van der Waals surface area contributed by atoms with E-state index in [4.69, 9.17) is 15.2 Å². The Morgan fingerprint density at radius 2 is 1.84 bits per heavy atom. The Balaban J connectivity index is 2.08. The summed E-state index contributed by atoms with van der Waals surface area (Å²) < 4.78 is 11.7. The molecule has 1 saturated carbocycles. The van der Waals surface area contributed by atoms with Crippen molar-refractivity contribution in [2.45, 2.75) is 37.6 Å². The van der Waals surface area contributed by atoms with Crippen LogP contribution in [0, 0.1) is 0 Å². The van der Waals surface area contributed by atoms with Gasteiger partial charge in [0, 0.05) is 11.1 Å². The third-order valence-corrected chi connectivity index (χ3v) is 4.77. The molecular formula is C14H18BrNO3. The Kier molecular flexibility index (Phi) is 3.35. The zero-order valence-electron chi connectivity index (χ0n) is 10.7. The van der Waals surface area contributed by atoms with Crippen molar-refractivity contribution in [3.8, 4) is 17.2 Å². The average molecular weight is 328 g/mol. The van der Waals surface area contributed by atoms with Gasteiger partial charge in [-0.15, -0.1) is 0 Å². The summed E-state index contributed by atoms with van der Waals surface area (Å²) in [7, 11) is 0. The molecule has 0 saturated heterocycles. The Bertz CT molecular complexity index is 498. The van der Waals surface area contributed by atoms with Gasteiger partial charge in [0.2, 0.25) is 0 Å². The number of ether oxygens (including phenoxy) is 2. The van der Waals surface area contributed by atoms with Crippen LogP contribution in [0.25, 0.3) is 0 Å². The highest BCUT2D eigenvalue weighted by Crippen LogP contribution is 2.49. The van der Waals surface area contributed by atoms with Crippen LogP contribution in [0.5, 0.6) is 17.2 Å². The van der Waals surface area contributed by atoms with Crippen molar-refractivity contribution in [3.05, 3.63) is 16.1 Å². The molecule has 0 amide bonds. The second-order valence-electron chi connectivity index (χ2n) is 5.33. The van der Waals surface area contributed by atoms with Crippen LogP contribution in [0.1, 0.15) is 37.7 Å². The standard InChI is InChI=1S/C14H18BrNO3/c15-11-12(17)9(14(16)4-2-1-3-5-14)8-10-13(11)19-7-6-18-10/h8,17H,1-7,16H2. The highest BCUT2D eigenvalue weighted by molar-refractivity contribution is 9.10. The molecule has 19 heavy (non-hydrogen) atoms. The fraction of sp³-hybridized carbons (Fsp3) is 0.571. The quantitative estimate of drug-likeness (QED) is 0.832. The van der Waals surface area contributed by atoms with Gasteiger partial charge in [0.15, 0.2) is 11.5 Å². The second-order valence-corrected chi connectivity index (χ2v) is 6.12. The molecule has 104 valence electrons. The maximum absolute atomic E-state index is 10.4. The van der Waals surface area contributed by atoms with E-state index in [1.165, 1.54) is 6.42 Å². The van der Waals surface area contributed by atoms with Crippen molar-refractivity contribution in [2.75, 3.05) is 13.2 Å². The van der Waals surface area contributed by atoms with Gasteiger partial charge < -0.3 is 20.3 Å². The summed E-state index contributed by atoms with van der Waals surface area (Å²) in [5.41, 5.74) is 6.82. The molecule has 4 nitrogen and oxygen atoms in total. The number of phenols is 1. The molecule has 0 unspecified atom stereocenters. The minimum atomic E-state index is -0.458. The fourth-order valence-electron chi connectivity index (χ4n) is 2.97. The first-order valence-electron chi connectivity index (χ1n) is 6.72. The highest BCUT2D eigenvalue weighted by atomic mass is 79.9. The van der Waals surface area contributed by atoms with Crippen LogP contribution in [0.2, 0.25) is 0 Å². The van der Waals surface area contributed by atoms with Crippen molar-refractivity contribution in [1.82, 2.24) is 0 Å². The maximum atomic E-state index is 10.4. The van der Waals surface area contributed by atoms with Crippen molar-refractivity contribution in [2.24, 2.45) is 5.73 Å². The highest BCUT2D eigenvalue weighted by Gasteiger charge is 2.35. The minimum Gasteiger partial charge on any atom is -0.506 e. The summed E-state index contributed by atoms with van der Waals surface area (Å²) in [4.78, 5) is 0. The summed E-state index contributed by atoms with van der Waals surface area (Å²) in [5.74, 6) is 1.43. The number of rotatable bonds is 1. The van der Waals surface area contributed by atoms with Crippen LogP contribution in [-0.4, -0.2) is 18.3 Å². The Morgan fingerprint density at radius 1 is 1.16 bits per heavy atom. The predicted molar refractivity (Wildman–Crippen MR) is 75.7 cm³/mol. The third kappa shape index (κ3) is 2.19. The smallest absolute Gasteiger partial charge is 0.179 e. The molecule has 0 aromatic heterocycles. The molecule has 3 N–H and O–H groups in total. The van der Waals surface area contributed by atoms with Gasteiger partial charge in [0.1, 0.15) is 23.4 Å². The maximum Gasteiger partial charge on any atom is 0.179 e. The van der Waals surface area contributed by atoms with Crippen molar-refractivity contribution in [1.29, 1.82) is 0 Å². The van der Waals surface area contributed by atoms with E-state index in [-0.39, 0.29) is 5.75 Å². The van der Waals surface area contributed by atoms with Crippen LogP contribution in [-0.2, 0) is 5.54 Å². The minimum absolute atomic E-state index is 0.189. The predicted octanol–water partition coefficient (Wildman–Crippen LogP) is 3.04. The van der Waals surface area contributed by atoms with Gasteiger partial charge in [0.25, 0.3) is 0 Å². The molecule has 1 fully saturated rings. The largest absolute Gasteiger partial charge is 0.506 e. The number of aromatic hydroxyl groups is 1. The zero-order chi connectivity index (χ0) is 13.5. The Morgan fingerprint density at radius 3 is 2.58 bits per heavy atom. The molecule has 3 rings (SSSR count). The number of hydrogen-bond acceptors (Lipinski definition) is 4. The molecule has 0 radical (unpaired) electrons. The zero-order valence-corrected chi connectivity index (χ0v) is 12.3. The van der Waals surface area contributed by atoms with Gasteiger partial charge in [-0.3, -0.25) is 0 Å². The lowest BCUT2D eigenvalue weighted by Gasteiger charge is -2.35. The number of benzene rings is 1. The van der Waals surface area contributed by atoms with Crippen LogP contribution >= 0.6 is 15.9 Å². The number of hydrogen-bond donors (Lipinski definition) is 2. The molecule has 1 aromatic rings. The normalized spacial score (nSPS) is 21.2. The monoisotopic (exact) mass is 327 g/mol. The first-order valence-corrected chi connectivity index (χ1v) is 7.51. The molecule has 0 bridgehead atoms. The van der Waals surface area contributed by atoms with Gasteiger partial charge in [-0.25, -0.2) is 0 Å². The molecule has 1 aliphatic carbocycles. The lowest BCUT2D eigenvalue weighted by Crippen LogP contribution is -2.38. The van der Waals surface area contributed by atoms with Crippen LogP contribution in [0.15, 0.2) is 10.5 Å². The average Bonchev–Trinajstić information content (AvgIpc) is 2.43. The summed E-state index contributed by atoms with van der Waals surface area (Å²) in [6.45, 7) is 1.03. The number of fused-ring (bicyclic) bond motifs is 1. The summed E-state index contributed by atoms with van der Waals surface area (Å²) >= 11 is 3.40. The number of halogens is 1. The van der Waals surface area contributed by atoms with Gasteiger partial charge in [-0.1, -0.05) is 19.3 Å². The van der Waals surface area contributed by atoms with E-state index in [2.05, 4.69) is 15.9 Å². The van der Waals surface area contributed by atoms with Gasteiger partial charge in [-0.05, 0) is 34.8 Å². The second kappa shape index (κ2) is 4.87. The first-order chi connectivity index (χ1) is 9.12. The van der Waals surface area contributed by atoms with E-state index in [0.29, 0.717) is 29.2 Å². The number of phenolic OH excluding ortho intramolecular Hbond substituents is 1. The molecule has 1 heterocycles. The SMILES string of the molecule is NC1(c2cc3c(c(Br)c2O)OCCO3)CCCCC1. The van der Waals surface area contributed by atoms with E-state index in [1.54, 1.807) is 0 Å². The van der Waals surface area contributed by atoms with E-state index >= 15 is 0 Å². The lowest BCUT2D eigenvalue weighted by atomic mass is 9.77. The van der Waals surface area contributed by atoms with E-state index in [1.807, 2.05) is 6.07 Å². The topological polar surface area (TPSA) is 64.7 Å². The van der Waals surface area contributed by atoms with Gasteiger partial charge in [0.05, 0.1) is 0 Å². The third-order valence-electron chi connectivity index (χ3n) is 4.03. The van der Waals surface area contributed by atoms with Crippen molar-refractivity contribution in [3.63, 3.8) is 0 Å². The van der Waals surface area contributed by atoms with Gasteiger partial charge >= 0.3 is 0 Å². The van der Waals surface area contributed by atoms with Crippen molar-refractivity contribution >= 4 is 15.9 Å². The van der Waals surface area contributed by atoms with E-state index in [9.17, 15) is 5.11 Å². The van der Waals surface area contributed by atoms with Gasteiger partial charge in [-0.2, -0.15) is 0 Å². The molecule has 0 atom stereocenters. The molecule has 1 aliphatic heterocycles. The molecule has 5 heteroatoms. The molecule has 1 aromatic carbocycles. The summed E-state index contributed by atoms with van der Waals surface area (Å²) in [5, 5.41) is 10.4. The first kappa shape index (κ1) is 13.1.